The lowest BCUT2D eigenvalue weighted by Gasteiger charge is -2.34. The molecule has 1 fully saturated rings. The van der Waals surface area contributed by atoms with Crippen LogP contribution >= 0.6 is 0 Å². The zero-order chi connectivity index (χ0) is 13.7. The van der Waals surface area contributed by atoms with E-state index in [-0.39, 0.29) is 25.1 Å². The van der Waals surface area contributed by atoms with Gasteiger partial charge in [0, 0.05) is 18.8 Å². The van der Waals surface area contributed by atoms with Crippen molar-refractivity contribution in [2.45, 2.75) is 44.7 Å². The van der Waals surface area contributed by atoms with Crippen LogP contribution in [-0.4, -0.2) is 44.9 Å². The Morgan fingerprint density at radius 2 is 2.21 bits per heavy atom. The van der Waals surface area contributed by atoms with E-state index in [9.17, 15) is 4.79 Å². The lowest BCUT2D eigenvalue weighted by molar-refractivity contribution is -0.135. The number of anilines is 1. The fourth-order valence-corrected chi connectivity index (χ4v) is 2.71. The Morgan fingerprint density at radius 1 is 1.47 bits per heavy atom. The van der Waals surface area contributed by atoms with Crippen LogP contribution in [0.15, 0.2) is 12.3 Å². The molecule has 0 radical (unpaired) electrons. The van der Waals surface area contributed by atoms with Crippen molar-refractivity contribution in [3.63, 3.8) is 0 Å². The molecule has 2 rings (SSSR count). The van der Waals surface area contributed by atoms with E-state index in [1.165, 1.54) is 6.42 Å². The standard InChI is InChI=1S/C13H22N4O2/c14-12-6-7-16(15-12)10-13(19)17(8-9-18)11-4-2-1-3-5-11/h6-7,11,18H,1-5,8-10H2,(H2,14,15). The Kier molecular flexibility index (Phi) is 4.79. The molecular formula is C13H22N4O2. The van der Waals surface area contributed by atoms with Crippen LogP contribution < -0.4 is 5.73 Å². The van der Waals surface area contributed by atoms with Gasteiger partial charge in [-0.1, -0.05) is 19.3 Å². The molecule has 6 heteroatoms. The maximum atomic E-state index is 12.3. The van der Waals surface area contributed by atoms with Crippen molar-refractivity contribution in [1.82, 2.24) is 14.7 Å². The van der Waals surface area contributed by atoms with Crippen LogP contribution in [0.2, 0.25) is 0 Å². The first kappa shape index (κ1) is 13.9. The lowest BCUT2D eigenvalue weighted by atomic mass is 9.94. The van der Waals surface area contributed by atoms with Gasteiger partial charge in [0.1, 0.15) is 12.4 Å². The molecule has 1 heterocycles. The number of hydrogen-bond acceptors (Lipinski definition) is 4. The summed E-state index contributed by atoms with van der Waals surface area (Å²) in [4.78, 5) is 14.1. The smallest absolute Gasteiger partial charge is 0.244 e. The van der Waals surface area contributed by atoms with Crippen molar-refractivity contribution in [2.75, 3.05) is 18.9 Å². The van der Waals surface area contributed by atoms with Gasteiger partial charge in [0.15, 0.2) is 0 Å². The van der Waals surface area contributed by atoms with Crippen molar-refractivity contribution in [3.8, 4) is 0 Å². The van der Waals surface area contributed by atoms with E-state index < -0.39 is 0 Å². The predicted octanol–water partition coefficient (Wildman–Crippen LogP) is 0.619. The number of nitrogens with zero attached hydrogens (tertiary/aromatic N) is 3. The second-order valence-electron chi connectivity index (χ2n) is 5.04. The Labute approximate surface area is 113 Å². The highest BCUT2D eigenvalue weighted by atomic mass is 16.3. The largest absolute Gasteiger partial charge is 0.395 e. The Hall–Kier alpha value is -1.56. The first-order chi connectivity index (χ1) is 9.20. The average Bonchev–Trinajstić information content (AvgIpc) is 2.82. The quantitative estimate of drug-likeness (QED) is 0.818. The van der Waals surface area contributed by atoms with Crippen molar-refractivity contribution < 1.29 is 9.90 Å². The minimum Gasteiger partial charge on any atom is -0.395 e. The highest BCUT2D eigenvalue weighted by Crippen LogP contribution is 2.22. The highest BCUT2D eigenvalue weighted by Gasteiger charge is 2.25. The summed E-state index contributed by atoms with van der Waals surface area (Å²) < 4.78 is 1.55. The lowest BCUT2D eigenvalue weighted by Crippen LogP contribution is -2.44. The van der Waals surface area contributed by atoms with E-state index in [0.717, 1.165) is 25.7 Å². The predicted molar refractivity (Wildman–Crippen MR) is 72.3 cm³/mol. The van der Waals surface area contributed by atoms with E-state index in [2.05, 4.69) is 5.10 Å². The van der Waals surface area contributed by atoms with Crippen molar-refractivity contribution in [3.05, 3.63) is 12.3 Å². The highest BCUT2D eigenvalue weighted by molar-refractivity contribution is 5.76. The molecule has 6 nitrogen and oxygen atoms in total. The summed E-state index contributed by atoms with van der Waals surface area (Å²) in [7, 11) is 0. The topological polar surface area (TPSA) is 84.4 Å². The van der Waals surface area contributed by atoms with Crippen LogP contribution in [0.5, 0.6) is 0 Å². The summed E-state index contributed by atoms with van der Waals surface area (Å²) in [6, 6.07) is 1.94. The van der Waals surface area contributed by atoms with Gasteiger partial charge in [-0.25, -0.2) is 0 Å². The molecule has 19 heavy (non-hydrogen) atoms. The van der Waals surface area contributed by atoms with E-state index in [4.69, 9.17) is 10.8 Å². The molecule has 1 aromatic heterocycles. The Bertz CT molecular complexity index is 413. The Morgan fingerprint density at radius 3 is 2.79 bits per heavy atom. The van der Waals surface area contributed by atoms with Gasteiger partial charge in [0.25, 0.3) is 0 Å². The SMILES string of the molecule is Nc1ccn(CC(=O)N(CCO)C2CCCCC2)n1. The van der Waals surface area contributed by atoms with Crippen LogP contribution in [0.25, 0.3) is 0 Å². The van der Waals surface area contributed by atoms with E-state index in [1.807, 2.05) is 0 Å². The van der Waals surface area contributed by atoms with Crippen molar-refractivity contribution in [2.24, 2.45) is 0 Å². The molecule has 1 saturated carbocycles. The van der Waals surface area contributed by atoms with Gasteiger partial charge in [-0.15, -0.1) is 0 Å². The number of amides is 1. The third-order valence-corrected chi connectivity index (χ3v) is 3.64. The van der Waals surface area contributed by atoms with E-state index in [1.54, 1.807) is 21.8 Å². The van der Waals surface area contributed by atoms with Crippen LogP contribution in [0.4, 0.5) is 5.82 Å². The number of aliphatic hydroxyl groups is 1. The van der Waals surface area contributed by atoms with Gasteiger partial charge in [-0.3, -0.25) is 9.48 Å². The van der Waals surface area contributed by atoms with Crippen LogP contribution in [0.1, 0.15) is 32.1 Å². The van der Waals surface area contributed by atoms with Gasteiger partial charge >= 0.3 is 0 Å². The molecule has 3 N–H and O–H groups in total. The zero-order valence-corrected chi connectivity index (χ0v) is 11.2. The minimum absolute atomic E-state index is 0.00346. The van der Waals surface area contributed by atoms with Crippen LogP contribution in [0, 0.1) is 0 Å². The molecule has 1 aliphatic carbocycles. The van der Waals surface area contributed by atoms with Gasteiger partial charge in [0.05, 0.1) is 6.61 Å². The first-order valence-electron chi connectivity index (χ1n) is 6.90. The van der Waals surface area contributed by atoms with Gasteiger partial charge in [0.2, 0.25) is 5.91 Å². The maximum absolute atomic E-state index is 12.3. The number of aromatic nitrogens is 2. The monoisotopic (exact) mass is 266 g/mol. The fourth-order valence-electron chi connectivity index (χ4n) is 2.71. The molecule has 0 aliphatic heterocycles. The number of nitrogens with two attached hydrogens (primary N) is 1. The third-order valence-electron chi connectivity index (χ3n) is 3.64. The number of aliphatic hydroxyl groups excluding tert-OH is 1. The summed E-state index contributed by atoms with van der Waals surface area (Å²) in [6.45, 7) is 0.595. The normalized spacial score (nSPS) is 16.5. The molecule has 0 aromatic carbocycles. The molecule has 0 bridgehead atoms. The third kappa shape index (κ3) is 3.70. The maximum Gasteiger partial charge on any atom is 0.244 e. The molecule has 0 saturated heterocycles. The number of carbonyl (C=O) groups is 1. The molecule has 1 aliphatic rings. The number of hydrogen-bond donors (Lipinski definition) is 2. The molecular weight excluding hydrogens is 244 g/mol. The number of nitrogen functional groups attached to an aromatic ring is 1. The minimum atomic E-state index is 0.00346. The molecule has 0 spiro atoms. The number of carbonyl (C=O) groups excluding carboxylic acids is 1. The average molecular weight is 266 g/mol. The van der Waals surface area contributed by atoms with Crippen molar-refractivity contribution >= 4 is 11.7 Å². The van der Waals surface area contributed by atoms with Gasteiger partial charge < -0.3 is 15.7 Å². The second-order valence-corrected chi connectivity index (χ2v) is 5.04. The van der Waals surface area contributed by atoms with Gasteiger partial charge in [-0.2, -0.15) is 5.10 Å². The molecule has 106 valence electrons. The second kappa shape index (κ2) is 6.56. The van der Waals surface area contributed by atoms with Gasteiger partial charge in [-0.05, 0) is 18.9 Å². The van der Waals surface area contributed by atoms with Crippen LogP contribution in [0.3, 0.4) is 0 Å². The molecule has 1 aromatic rings. The summed E-state index contributed by atoms with van der Waals surface area (Å²) in [5.74, 6) is 0.420. The van der Waals surface area contributed by atoms with E-state index in [0.29, 0.717) is 12.4 Å². The fraction of sp³-hybridized carbons (Fsp3) is 0.692. The van der Waals surface area contributed by atoms with Crippen molar-refractivity contribution in [1.29, 1.82) is 0 Å². The summed E-state index contributed by atoms with van der Waals surface area (Å²) in [5, 5.41) is 13.2. The number of rotatable bonds is 5. The van der Waals surface area contributed by atoms with E-state index >= 15 is 0 Å². The molecule has 0 atom stereocenters. The molecule has 0 unspecified atom stereocenters. The Balaban J connectivity index is 1.98. The molecule has 1 amide bonds. The summed E-state index contributed by atoms with van der Waals surface area (Å²) >= 11 is 0. The summed E-state index contributed by atoms with van der Waals surface area (Å²) in [6.07, 6.45) is 7.34. The summed E-state index contributed by atoms with van der Waals surface area (Å²) in [5.41, 5.74) is 5.54. The van der Waals surface area contributed by atoms with Crippen LogP contribution in [-0.2, 0) is 11.3 Å². The zero-order valence-electron chi connectivity index (χ0n) is 11.2. The first-order valence-corrected chi connectivity index (χ1v) is 6.90.